The number of anilines is 1. The van der Waals surface area contributed by atoms with Crippen LogP contribution in [0.2, 0.25) is 0 Å². The van der Waals surface area contributed by atoms with E-state index in [0.29, 0.717) is 6.04 Å². The molecule has 112 valence electrons. The molecule has 1 fully saturated rings. The van der Waals surface area contributed by atoms with E-state index in [9.17, 15) is 0 Å². The van der Waals surface area contributed by atoms with Gasteiger partial charge in [0.1, 0.15) is 0 Å². The van der Waals surface area contributed by atoms with Crippen molar-refractivity contribution in [2.24, 2.45) is 0 Å². The van der Waals surface area contributed by atoms with Crippen LogP contribution in [0.15, 0.2) is 40.9 Å². The van der Waals surface area contributed by atoms with Crippen LogP contribution >= 0.6 is 15.9 Å². The van der Waals surface area contributed by atoms with Gasteiger partial charge in [0.05, 0.1) is 0 Å². The molecule has 1 saturated heterocycles. The molecule has 1 atom stereocenters. The maximum absolute atomic E-state index is 3.68. The Kier molecular flexibility index (Phi) is 4.81. The van der Waals surface area contributed by atoms with Crippen molar-refractivity contribution >= 4 is 32.4 Å². The molecule has 1 N–H and O–H groups in total. The zero-order valence-electron chi connectivity index (χ0n) is 12.6. The van der Waals surface area contributed by atoms with Gasteiger partial charge in [-0.3, -0.25) is 0 Å². The molecule has 1 aliphatic rings. The third kappa shape index (κ3) is 3.58. The van der Waals surface area contributed by atoms with E-state index in [0.717, 1.165) is 24.1 Å². The van der Waals surface area contributed by atoms with Crippen LogP contribution in [0.4, 0.5) is 5.69 Å². The number of nitrogens with one attached hydrogen (secondary N) is 1. The van der Waals surface area contributed by atoms with Crippen LogP contribution < -0.4 is 10.2 Å². The van der Waals surface area contributed by atoms with Crippen molar-refractivity contribution in [1.29, 1.82) is 0 Å². The summed E-state index contributed by atoms with van der Waals surface area (Å²) >= 11 is 3.54. The zero-order valence-corrected chi connectivity index (χ0v) is 14.2. The van der Waals surface area contributed by atoms with Crippen molar-refractivity contribution in [2.75, 3.05) is 24.5 Å². The van der Waals surface area contributed by atoms with Crippen LogP contribution in [0, 0.1) is 0 Å². The maximum Gasteiger partial charge on any atom is 0.0373 e. The van der Waals surface area contributed by atoms with Gasteiger partial charge in [-0.1, -0.05) is 41.4 Å². The van der Waals surface area contributed by atoms with Crippen LogP contribution in [0.3, 0.4) is 0 Å². The molecule has 0 aromatic heterocycles. The Labute approximate surface area is 135 Å². The van der Waals surface area contributed by atoms with Gasteiger partial charge in [-0.25, -0.2) is 0 Å². The second-order valence-corrected chi connectivity index (χ2v) is 6.83. The molecule has 2 aromatic carbocycles. The summed E-state index contributed by atoms with van der Waals surface area (Å²) in [6.07, 6.45) is 3.73. The standard InChI is InChI=1S/C18H23BrN2/c1-2-4-17-13-21(10-3-9-20-17)18-8-6-14-11-16(19)7-5-15(14)12-18/h5-8,11-12,17,20H,2-4,9-10,13H2,1H3. The topological polar surface area (TPSA) is 15.3 Å². The minimum Gasteiger partial charge on any atom is -0.370 e. The van der Waals surface area contributed by atoms with E-state index in [1.54, 1.807) is 0 Å². The number of rotatable bonds is 3. The zero-order chi connectivity index (χ0) is 14.7. The summed E-state index contributed by atoms with van der Waals surface area (Å²) in [5, 5.41) is 6.30. The molecule has 1 unspecified atom stereocenters. The Hall–Kier alpha value is -1.06. The predicted octanol–water partition coefficient (Wildman–Crippen LogP) is 4.57. The average molecular weight is 347 g/mol. The fourth-order valence-corrected chi connectivity index (χ4v) is 3.55. The molecule has 2 nitrogen and oxygen atoms in total. The molecule has 0 amide bonds. The molecule has 3 rings (SSSR count). The highest BCUT2D eigenvalue weighted by atomic mass is 79.9. The first-order valence-corrected chi connectivity index (χ1v) is 8.73. The van der Waals surface area contributed by atoms with Gasteiger partial charge in [-0.15, -0.1) is 0 Å². The van der Waals surface area contributed by atoms with E-state index in [-0.39, 0.29) is 0 Å². The molecule has 0 radical (unpaired) electrons. The number of fused-ring (bicyclic) bond motifs is 1. The Bertz CT molecular complexity index is 611. The second-order valence-electron chi connectivity index (χ2n) is 5.92. The monoisotopic (exact) mass is 346 g/mol. The quantitative estimate of drug-likeness (QED) is 0.875. The van der Waals surface area contributed by atoms with Crippen molar-refractivity contribution in [3.8, 4) is 0 Å². The summed E-state index contributed by atoms with van der Waals surface area (Å²) in [6.45, 7) is 5.68. The van der Waals surface area contributed by atoms with Crippen LogP contribution in [0.5, 0.6) is 0 Å². The Morgan fingerprint density at radius 2 is 2.00 bits per heavy atom. The van der Waals surface area contributed by atoms with E-state index in [2.05, 4.69) is 69.5 Å². The summed E-state index contributed by atoms with van der Waals surface area (Å²) in [4.78, 5) is 2.54. The maximum atomic E-state index is 3.68. The molecule has 0 bridgehead atoms. The molecule has 0 saturated carbocycles. The first kappa shape index (κ1) is 14.9. The molecular weight excluding hydrogens is 324 g/mol. The molecule has 2 aromatic rings. The molecule has 0 spiro atoms. The summed E-state index contributed by atoms with van der Waals surface area (Å²) in [6, 6.07) is 14.0. The van der Waals surface area contributed by atoms with Crippen LogP contribution in [-0.2, 0) is 0 Å². The average Bonchev–Trinajstić information content (AvgIpc) is 2.73. The number of hydrogen-bond donors (Lipinski definition) is 1. The summed E-state index contributed by atoms with van der Waals surface area (Å²) in [5.74, 6) is 0. The van der Waals surface area contributed by atoms with Gasteiger partial charge in [0.25, 0.3) is 0 Å². The predicted molar refractivity (Wildman–Crippen MR) is 95.2 cm³/mol. The third-order valence-corrected chi connectivity index (χ3v) is 4.76. The molecule has 0 aliphatic carbocycles. The lowest BCUT2D eigenvalue weighted by atomic mass is 10.1. The molecule has 1 aliphatic heterocycles. The highest BCUT2D eigenvalue weighted by Gasteiger charge is 2.17. The van der Waals surface area contributed by atoms with Gasteiger partial charge < -0.3 is 10.2 Å². The number of benzene rings is 2. The van der Waals surface area contributed by atoms with Gasteiger partial charge in [0.2, 0.25) is 0 Å². The lowest BCUT2D eigenvalue weighted by Crippen LogP contribution is -2.37. The molecular formula is C18H23BrN2. The van der Waals surface area contributed by atoms with Crippen molar-refractivity contribution in [1.82, 2.24) is 5.32 Å². The van der Waals surface area contributed by atoms with Crippen molar-refractivity contribution in [3.63, 3.8) is 0 Å². The minimum absolute atomic E-state index is 0.623. The first-order valence-electron chi connectivity index (χ1n) is 7.94. The number of hydrogen-bond acceptors (Lipinski definition) is 2. The van der Waals surface area contributed by atoms with Gasteiger partial charge in [0, 0.05) is 29.3 Å². The largest absolute Gasteiger partial charge is 0.370 e. The second kappa shape index (κ2) is 6.80. The van der Waals surface area contributed by atoms with Crippen LogP contribution in [0.1, 0.15) is 26.2 Å². The lowest BCUT2D eigenvalue weighted by Gasteiger charge is -2.26. The van der Waals surface area contributed by atoms with E-state index < -0.39 is 0 Å². The van der Waals surface area contributed by atoms with Crippen molar-refractivity contribution in [2.45, 2.75) is 32.2 Å². The Balaban J connectivity index is 1.85. The van der Waals surface area contributed by atoms with Crippen LogP contribution in [0.25, 0.3) is 10.8 Å². The highest BCUT2D eigenvalue weighted by Crippen LogP contribution is 2.26. The highest BCUT2D eigenvalue weighted by molar-refractivity contribution is 9.10. The fraction of sp³-hybridized carbons (Fsp3) is 0.444. The van der Waals surface area contributed by atoms with E-state index >= 15 is 0 Å². The van der Waals surface area contributed by atoms with Gasteiger partial charge in [0.15, 0.2) is 0 Å². The normalized spacial score (nSPS) is 19.7. The third-order valence-electron chi connectivity index (χ3n) is 4.27. The summed E-state index contributed by atoms with van der Waals surface area (Å²) < 4.78 is 1.14. The molecule has 21 heavy (non-hydrogen) atoms. The Morgan fingerprint density at radius 3 is 2.86 bits per heavy atom. The first-order chi connectivity index (χ1) is 10.3. The fourth-order valence-electron chi connectivity index (χ4n) is 3.17. The minimum atomic E-state index is 0.623. The van der Waals surface area contributed by atoms with Gasteiger partial charge in [-0.05, 0) is 54.4 Å². The number of halogens is 1. The van der Waals surface area contributed by atoms with E-state index in [4.69, 9.17) is 0 Å². The lowest BCUT2D eigenvalue weighted by molar-refractivity contribution is 0.503. The van der Waals surface area contributed by atoms with Crippen molar-refractivity contribution in [3.05, 3.63) is 40.9 Å². The summed E-state index contributed by atoms with van der Waals surface area (Å²) in [5.41, 5.74) is 1.36. The summed E-state index contributed by atoms with van der Waals surface area (Å²) in [7, 11) is 0. The van der Waals surface area contributed by atoms with E-state index in [1.807, 2.05) is 0 Å². The molecule has 3 heteroatoms. The van der Waals surface area contributed by atoms with Crippen molar-refractivity contribution < 1.29 is 0 Å². The van der Waals surface area contributed by atoms with Crippen LogP contribution in [-0.4, -0.2) is 25.7 Å². The molecule has 1 heterocycles. The van der Waals surface area contributed by atoms with Gasteiger partial charge >= 0.3 is 0 Å². The van der Waals surface area contributed by atoms with E-state index in [1.165, 1.54) is 35.7 Å². The SMILES string of the molecule is CCCC1CN(c2ccc3cc(Br)ccc3c2)CCCN1. The smallest absolute Gasteiger partial charge is 0.0373 e. The van der Waals surface area contributed by atoms with Gasteiger partial charge in [-0.2, -0.15) is 0 Å². The number of nitrogens with zero attached hydrogens (tertiary/aromatic N) is 1. The Morgan fingerprint density at radius 1 is 1.19 bits per heavy atom.